The number of benzene rings is 3. The van der Waals surface area contributed by atoms with Crippen LogP contribution in [0.25, 0.3) is 5.76 Å². The number of esters is 1. The van der Waals surface area contributed by atoms with Crippen molar-refractivity contribution in [2.24, 2.45) is 0 Å². The highest BCUT2D eigenvalue weighted by molar-refractivity contribution is 6.52. The fourth-order valence-electron chi connectivity index (χ4n) is 4.34. The molecule has 7 nitrogen and oxygen atoms in total. The summed E-state index contributed by atoms with van der Waals surface area (Å²) in [7, 11) is 1.36. The van der Waals surface area contributed by atoms with Gasteiger partial charge in [0.2, 0.25) is 0 Å². The highest BCUT2D eigenvalue weighted by Gasteiger charge is 2.47. The standard InChI is InChI=1S/C28H23Cl2NO6/c1-4-37-28(35)17-9-6-10-19(12-17)31-23(16-8-5-7-15(2)11-16)22(25(33)27(31)34)24(32)20-13-18(29)14-21(30)26(20)36-3/h5-14,23,32H,4H2,1-3H3/b24-22+. The van der Waals surface area contributed by atoms with Gasteiger partial charge in [-0.25, -0.2) is 4.79 Å². The predicted molar refractivity (Wildman–Crippen MR) is 141 cm³/mol. The Balaban J connectivity index is 1.98. The summed E-state index contributed by atoms with van der Waals surface area (Å²) >= 11 is 12.5. The second-order valence-corrected chi connectivity index (χ2v) is 9.17. The highest BCUT2D eigenvalue weighted by atomic mass is 35.5. The largest absolute Gasteiger partial charge is 0.507 e. The minimum atomic E-state index is -1.01. The van der Waals surface area contributed by atoms with Gasteiger partial charge in [-0.05, 0) is 49.7 Å². The first-order valence-electron chi connectivity index (χ1n) is 11.4. The Morgan fingerprint density at radius 2 is 1.78 bits per heavy atom. The Hall–Kier alpha value is -3.81. The summed E-state index contributed by atoms with van der Waals surface area (Å²) in [6.45, 7) is 3.74. The van der Waals surface area contributed by atoms with Crippen molar-refractivity contribution in [2.45, 2.75) is 19.9 Å². The summed E-state index contributed by atoms with van der Waals surface area (Å²) in [6, 6.07) is 15.3. The van der Waals surface area contributed by atoms with Crippen LogP contribution in [-0.4, -0.2) is 36.5 Å². The molecule has 9 heteroatoms. The van der Waals surface area contributed by atoms with E-state index in [1.54, 1.807) is 37.3 Å². The normalized spacial score (nSPS) is 16.7. The van der Waals surface area contributed by atoms with Gasteiger partial charge in [-0.3, -0.25) is 14.5 Å². The number of aliphatic hydroxyl groups excluding tert-OH is 1. The van der Waals surface area contributed by atoms with Gasteiger partial charge in [0, 0.05) is 10.7 Å². The Morgan fingerprint density at radius 3 is 2.46 bits per heavy atom. The molecule has 1 atom stereocenters. The van der Waals surface area contributed by atoms with Gasteiger partial charge in [0.25, 0.3) is 11.7 Å². The molecular weight excluding hydrogens is 517 g/mol. The molecule has 1 fully saturated rings. The number of anilines is 1. The third-order valence-corrected chi connectivity index (χ3v) is 6.40. The zero-order valence-corrected chi connectivity index (χ0v) is 21.8. The number of ether oxygens (including phenoxy) is 2. The molecule has 0 aromatic heterocycles. The molecule has 0 spiro atoms. The smallest absolute Gasteiger partial charge is 0.338 e. The Morgan fingerprint density at radius 1 is 1.05 bits per heavy atom. The number of methoxy groups -OCH3 is 1. The van der Waals surface area contributed by atoms with Gasteiger partial charge in [0.1, 0.15) is 11.5 Å². The predicted octanol–water partition coefficient (Wildman–Crippen LogP) is 6.11. The maximum atomic E-state index is 13.5. The molecule has 190 valence electrons. The topological polar surface area (TPSA) is 93.1 Å². The third-order valence-electron chi connectivity index (χ3n) is 5.91. The molecule has 4 rings (SSSR count). The molecule has 0 radical (unpaired) electrons. The van der Waals surface area contributed by atoms with Crippen LogP contribution in [0.3, 0.4) is 0 Å². The number of amides is 1. The van der Waals surface area contributed by atoms with E-state index in [1.165, 1.54) is 30.2 Å². The number of ketones is 1. The molecule has 1 N–H and O–H groups in total. The van der Waals surface area contributed by atoms with E-state index in [0.717, 1.165) is 5.56 Å². The molecule has 37 heavy (non-hydrogen) atoms. The number of hydrogen-bond acceptors (Lipinski definition) is 6. The lowest BCUT2D eigenvalue weighted by Crippen LogP contribution is -2.29. The Kier molecular flexibility index (Phi) is 7.57. The zero-order valence-electron chi connectivity index (χ0n) is 20.2. The summed E-state index contributed by atoms with van der Waals surface area (Å²) < 4.78 is 10.5. The maximum Gasteiger partial charge on any atom is 0.338 e. The van der Waals surface area contributed by atoms with Crippen molar-refractivity contribution in [1.29, 1.82) is 0 Å². The number of aliphatic hydroxyl groups is 1. The van der Waals surface area contributed by atoms with E-state index in [-0.39, 0.29) is 44.8 Å². The number of rotatable bonds is 6. The van der Waals surface area contributed by atoms with Gasteiger partial charge >= 0.3 is 5.97 Å². The van der Waals surface area contributed by atoms with E-state index in [1.807, 2.05) is 19.1 Å². The monoisotopic (exact) mass is 539 g/mol. The average Bonchev–Trinajstić information content (AvgIpc) is 3.13. The molecule has 1 aliphatic heterocycles. The van der Waals surface area contributed by atoms with Crippen LogP contribution in [0.15, 0.2) is 66.2 Å². The SMILES string of the molecule is CCOC(=O)c1cccc(N2C(=O)C(=O)/C(=C(/O)c3cc(Cl)cc(Cl)c3OC)C2c2cccc(C)c2)c1. The molecule has 3 aromatic carbocycles. The average molecular weight is 540 g/mol. The first-order chi connectivity index (χ1) is 17.7. The molecule has 1 aliphatic rings. The quantitative estimate of drug-likeness (QED) is 0.176. The molecule has 1 amide bonds. The molecule has 1 saturated heterocycles. The van der Waals surface area contributed by atoms with E-state index in [2.05, 4.69) is 0 Å². The second-order valence-electron chi connectivity index (χ2n) is 8.32. The molecule has 1 unspecified atom stereocenters. The van der Waals surface area contributed by atoms with Crippen LogP contribution in [0, 0.1) is 6.92 Å². The van der Waals surface area contributed by atoms with Crippen molar-refractivity contribution in [2.75, 3.05) is 18.6 Å². The Labute approximate surface area is 223 Å². The van der Waals surface area contributed by atoms with Gasteiger partial charge in [0.05, 0.1) is 41.5 Å². The van der Waals surface area contributed by atoms with Crippen molar-refractivity contribution in [3.8, 4) is 5.75 Å². The summed E-state index contributed by atoms with van der Waals surface area (Å²) in [5.74, 6) is -2.74. The summed E-state index contributed by atoms with van der Waals surface area (Å²) in [6.07, 6.45) is 0. The van der Waals surface area contributed by atoms with Crippen LogP contribution in [0.2, 0.25) is 10.0 Å². The second kappa shape index (κ2) is 10.7. The van der Waals surface area contributed by atoms with Gasteiger partial charge in [-0.1, -0.05) is 59.1 Å². The van der Waals surface area contributed by atoms with Crippen molar-refractivity contribution in [3.63, 3.8) is 0 Å². The fourth-order valence-corrected chi connectivity index (χ4v) is 4.91. The van der Waals surface area contributed by atoms with Gasteiger partial charge in [0.15, 0.2) is 0 Å². The zero-order chi connectivity index (χ0) is 26.9. The van der Waals surface area contributed by atoms with E-state index in [9.17, 15) is 19.5 Å². The number of halogens is 2. The molecule has 3 aromatic rings. The number of carbonyl (C=O) groups excluding carboxylic acids is 3. The molecule has 1 heterocycles. The fraction of sp³-hybridized carbons (Fsp3) is 0.179. The van der Waals surface area contributed by atoms with Gasteiger partial charge in [-0.15, -0.1) is 0 Å². The van der Waals surface area contributed by atoms with Crippen molar-refractivity contribution >= 4 is 52.3 Å². The van der Waals surface area contributed by atoms with E-state index in [0.29, 0.717) is 5.56 Å². The Bertz CT molecular complexity index is 1450. The third kappa shape index (κ3) is 4.92. The van der Waals surface area contributed by atoms with E-state index < -0.39 is 29.5 Å². The number of nitrogens with zero attached hydrogens (tertiary/aromatic N) is 1. The summed E-state index contributed by atoms with van der Waals surface area (Å²) in [5.41, 5.74) is 1.85. The van der Waals surface area contributed by atoms with Crippen molar-refractivity contribution in [1.82, 2.24) is 0 Å². The van der Waals surface area contributed by atoms with Crippen molar-refractivity contribution < 1.29 is 29.0 Å². The minimum absolute atomic E-state index is 0.0657. The molecular formula is C28H23Cl2NO6. The molecule has 0 aliphatic carbocycles. The molecule has 0 saturated carbocycles. The first-order valence-corrected chi connectivity index (χ1v) is 12.1. The lowest BCUT2D eigenvalue weighted by atomic mass is 9.94. The van der Waals surface area contributed by atoms with Gasteiger partial charge in [-0.2, -0.15) is 0 Å². The lowest BCUT2D eigenvalue weighted by Gasteiger charge is -2.26. The van der Waals surface area contributed by atoms with E-state index in [4.69, 9.17) is 32.7 Å². The number of Topliss-reactive ketones (excluding diaryl/α,β-unsaturated/α-hetero) is 1. The summed E-state index contributed by atoms with van der Waals surface area (Å²) in [4.78, 5) is 40.5. The van der Waals surface area contributed by atoms with Crippen LogP contribution in [-0.2, 0) is 14.3 Å². The minimum Gasteiger partial charge on any atom is -0.507 e. The maximum absolute atomic E-state index is 13.5. The lowest BCUT2D eigenvalue weighted by molar-refractivity contribution is -0.132. The highest BCUT2D eigenvalue weighted by Crippen LogP contribution is 2.45. The van der Waals surface area contributed by atoms with Crippen LogP contribution in [0.1, 0.15) is 40.0 Å². The van der Waals surface area contributed by atoms with Crippen LogP contribution >= 0.6 is 23.2 Å². The van der Waals surface area contributed by atoms with Crippen LogP contribution in [0.4, 0.5) is 5.69 Å². The van der Waals surface area contributed by atoms with Crippen LogP contribution < -0.4 is 9.64 Å². The van der Waals surface area contributed by atoms with E-state index >= 15 is 0 Å². The number of hydrogen-bond donors (Lipinski definition) is 1. The number of carbonyl (C=O) groups is 3. The van der Waals surface area contributed by atoms with Crippen LogP contribution in [0.5, 0.6) is 5.75 Å². The van der Waals surface area contributed by atoms with Gasteiger partial charge < -0.3 is 14.6 Å². The number of aryl methyl sites for hydroxylation is 1. The van der Waals surface area contributed by atoms with Crippen molar-refractivity contribution in [3.05, 3.63) is 98.5 Å². The first kappa shape index (κ1) is 26.3. The summed E-state index contributed by atoms with van der Waals surface area (Å²) in [5, 5.41) is 11.8. The molecule has 0 bridgehead atoms.